The summed E-state index contributed by atoms with van der Waals surface area (Å²) in [5, 5.41) is 3.36. The number of pyridine rings is 1. The van der Waals surface area contributed by atoms with Crippen LogP contribution in [0.5, 0.6) is 5.75 Å². The minimum Gasteiger partial charge on any atom is -0.406 e. The Labute approximate surface area is 164 Å². The number of ether oxygens (including phenoxy) is 1. The lowest BCUT2D eigenvalue weighted by atomic mass is 10.2. The molecule has 0 atom stereocenters. The number of nitrogens with zero attached hydrogens (tertiary/aromatic N) is 4. The fraction of sp³-hybridized carbons (Fsp3) is 0.188. The number of hydrogen-bond acceptors (Lipinski definition) is 6. The lowest BCUT2D eigenvalue weighted by Gasteiger charge is -2.09. The first-order valence-electron chi connectivity index (χ1n) is 7.81. The van der Waals surface area contributed by atoms with Gasteiger partial charge in [0.1, 0.15) is 5.75 Å². The molecular formula is C16H10F6N4O3S. The van der Waals surface area contributed by atoms with E-state index in [9.17, 15) is 34.8 Å². The van der Waals surface area contributed by atoms with Gasteiger partial charge >= 0.3 is 12.5 Å². The van der Waals surface area contributed by atoms with Crippen LogP contribution in [-0.4, -0.2) is 40.8 Å². The van der Waals surface area contributed by atoms with Gasteiger partial charge in [-0.25, -0.2) is 18.4 Å². The van der Waals surface area contributed by atoms with Gasteiger partial charge in [0.15, 0.2) is 21.5 Å². The van der Waals surface area contributed by atoms with Crippen molar-refractivity contribution in [2.24, 2.45) is 0 Å². The second kappa shape index (κ2) is 7.27. The Morgan fingerprint density at radius 1 is 0.967 bits per heavy atom. The van der Waals surface area contributed by atoms with E-state index in [4.69, 9.17) is 0 Å². The van der Waals surface area contributed by atoms with E-state index in [0.29, 0.717) is 4.68 Å². The molecule has 14 heteroatoms. The van der Waals surface area contributed by atoms with Gasteiger partial charge in [-0.05, 0) is 36.4 Å². The van der Waals surface area contributed by atoms with Gasteiger partial charge in [-0.2, -0.15) is 17.9 Å². The first-order valence-corrected chi connectivity index (χ1v) is 9.70. The molecule has 160 valence electrons. The zero-order chi connectivity index (χ0) is 22.3. The highest BCUT2D eigenvalue weighted by Gasteiger charge is 2.38. The van der Waals surface area contributed by atoms with Gasteiger partial charge in [-0.3, -0.25) is 0 Å². The van der Waals surface area contributed by atoms with Crippen LogP contribution >= 0.6 is 0 Å². The molecule has 3 aromatic rings. The molecular weight excluding hydrogens is 442 g/mol. The fourth-order valence-electron chi connectivity index (χ4n) is 2.30. The lowest BCUT2D eigenvalue weighted by Crippen LogP contribution is -2.16. The lowest BCUT2D eigenvalue weighted by molar-refractivity contribution is -0.274. The van der Waals surface area contributed by atoms with Crippen LogP contribution in [0.15, 0.2) is 47.5 Å². The smallest absolute Gasteiger partial charge is 0.406 e. The van der Waals surface area contributed by atoms with E-state index < -0.39 is 33.9 Å². The largest absolute Gasteiger partial charge is 0.573 e. The minimum atomic E-state index is -4.93. The zero-order valence-corrected chi connectivity index (χ0v) is 15.5. The Hall–Kier alpha value is -3.16. The maximum absolute atomic E-state index is 13.1. The van der Waals surface area contributed by atoms with Gasteiger partial charge in [0.2, 0.25) is 0 Å². The molecule has 0 aliphatic carbocycles. The number of sulfone groups is 1. The number of aromatic nitrogens is 4. The molecule has 0 aliphatic heterocycles. The van der Waals surface area contributed by atoms with Gasteiger partial charge in [0.25, 0.3) is 5.82 Å². The number of benzene rings is 1. The molecule has 2 heterocycles. The standard InChI is InChI=1S/C16H10F6N4O3S/c1-30(27,28)11-6-7-12(23-8-11)26-13(24-14(25-26)15(17,18)19)9-2-4-10(5-3-9)29-16(20,21)22/h2-8H,1H3. The number of hydrogen-bond donors (Lipinski definition) is 0. The summed E-state index contributed by atoms with van der Waals surface area (Å²) < 4.78 is 104. The summed E-state index contributed by atoms with van der Waals surface area (Å²) in [4.78, 5) is 7.04. The van der Waals surface area contributed by atoms with Crippen LogP contribution in [0.3, 0.4) is 0 Å². The van der Waals surface area contributed by atoms with E-state index in [1.807, 2.05) is 0 Å². The summed E-state index contributed by atoms with van der Waals surface area (Å²) in [6.45, 7) is 0. The highest BCUT2D eigenvalue weighted by Crippen LogP contribution is 2.31. The Morgan fingerprint density at radius 2 is 1.60 bits per heavy atom. The molecule has 0 bridgehead atoms. The fourth-order valence-corrected chi connectivity index (χ4v) is 2.86. The molecule has 7 nitrogen and oxygen atoms in total. The predicted molar refractivity (Wildman–Crippen MR) is 89.4 cm³/mol. The molecule has 0 unspecified atom stereocenters. The third-order valence-corrected chi connectivity index (χ3v) is 4.67. The molecule has 0 spiro atoms. The molecule has 0 amide bonds. The predicted octanol–water partition coefficient (Wildman–Crippen LogP) is 3.65. The van der Waals surface area contributed by atoms with Crippen molar-refractivity contribution in [2.75, 3.05) is 6.26 Å². The Morgan fingerprint density at radius 3 is 2.07 bits per heavy atom. The third kappa shape index (κ3) is 4.87. The molecule has 0 radical (unpaired) electrons. The van der Waals surface area contributed by atoms with E-state index in [0.717, 1.165) is 48.9 Å². The van der Waals surface area contributed by atoms with Gasteiger partial charge in [0, 0.05) is 18.0 Å². The normalized spacial score (nSPS) is 12.8. The molecule has 0 N–H and O–H groups in total. The second-order valence-electron chi connectivity index (χ2n) is 5.87. The maximum Gasteiger partial charge on any atom is 0.573 e. The van der Waals surface area contributed by atoms with Crippen LogP contribution in [0.2, 0.25) is 0 Å². The summed E-state index contributed by atoms with van der Waals surface area (Å²) in [7, 11) is -3.60. The van der Waals surface area contributed by atoms with Crippen molar-refractivity contribution >= 4 is 9.84 Å². The number of rotatable bonds is 4. The summed E-state index contributed by atoms with van der Waals surface area (Å²) in [6, 6.07) is 6.16. The summed E-state index contributed by atoms with van der Waals surface area (Å²) in [5.74, 6) is -2.65. The van der Waals surface area contributed by atoms with Gasteiger partial charge in [-0.1, -0.05) is 0 Å². The van der Waals surface area contributed by atoms with Crippen LogP contribution in [0.4, 0.5) is 26.3 Å². The van der Waals surface area contributed by atoms with Crippen LogP contribution in [-0.2, 0) is 16.0 Å². The van der Waals surface area contributed by atoms with Crippen LogP contribution in [0, 0.1) is 0 Å². The van der Waals surface area contributed by atoms with E-state index >= 15 is 0 Å². The van der Waals surface area contributed by atoms with Gasteiger partial charge in [0.05, 0.1) is 4.90 Å². The van der Waals surface area contributed by atoms with Crippen molar-refractivity contribution in [3.8, 4) is 23.0 Å². The van der Waals surface area contributed by atoms with E-state index in [1.165, 1.54) is 0 Å². The van der Waals surface area contributed by atoms with E-state index in [2.05, 4.69) is 19.8 Å². The van der Waals surface area contributed by atoms with E-state index in [-0.39, 0.29) is 22.1 Å². The monoisotopic (exact) mass is 452 g/mol. The quantitative estimate of drug-likeness (QED) is 0.562. The summed E-state index contributed by atoms with van der Waals surface area (Å²) >= 11 is 0. The molecule has 0 saturated carbocycles. The SMILES string of the molecule is CS(=O)(=O)c1ccc(-n2nc(C(F)(F)F)nc2-c2ccc(OC(F)(F)F)cc2)nc1. The summed E-state index contributed by atoms with van der Waals surface area (Å²) in [5.41, 5.74) is -0.0125. The van der Waals surface area contributed by atoms with Crippen molar-refractivity contribution in [1.29, 1.82) is 0 Å². The third-order valence-electron chi connectivity index (χ3n) is 3.57. The maximum atomic E-state index is 13.1. The minimum absolute atomic E-state index is 0.0125. The first-order chi connectivity index (χ1) is 13.7. The molecule has 2 aromatic heterocycles. The molecule has 0 fully saturated rings. The number of alkyl halides is 6. The molecule has 30 heavy (non-hydrogen) atoms. The van der Waals surface area contributed by atoms with Crippen molar-refractivity contribution in [2.45, 2.75) is 17.4 Å². The molecule has 3 rings (SSSR count). The van der Waals surface area contributed by atoms with Crippen molar-refractivity contribution in [3.05, 3.63) is 48.4 Å². The molecule has 1 aromatic carbocycles. The zero-order valence-electron chi connectivity index (χ0n) is 14.7. The first kappa shape index (κ1) is 21.5. The van der Waals surface area contributed by atoms with Crippen LogP contribution in [0.25, 0.3) is 17.2 Å². The second-order valence-corrected chi connectivity index (χ2v) is 7.88. The van der Waals surface area contributed by atoms with Crippen molar-refractivity contribution in [1.82, 2.24) is 19.7 Å². The highest BCUT2D eigenvalue weighted by atomic mass is 32.2. The Bertz CT molecular complexity index is 1150. The van der Waals surface area contributed by atoms with Gasteiger partial charge in [-0.15, -0.1) is 18.3 Å². The average molecular weight is 452 g/mol. The van der Waals surface area contributed by atoms with Crippen molar-refractivity contribution < 1.29 is 39.5 Å². The topological polar surface area (TPSA) is 87.0 Å². The average Bonchev–Trinajstić information content (AvgIpc) is 3.06. The number of halogens is 6. The summed E-state index contributed by atoms with van der Waals surface area (Å²) in [6.07, 6.45) is -7.98. The molecule has 0 saturated heterocycles. The van der Waals surface area contributed by atoms with Gasteiger partial charge < -0.3 is 4.74 Å². The van der Waals surface area contributed by atoms with E-state index in [1.54, 1.807) is 0 Å². The highest BCUT2D eigenvalue weighted by molar-refractivity contribution is 7.90. The Kier molecular flexibility index (Phi) is 5.22. The molecule has 0 aliphatic rings. The van der Waals surface area contributed by atoms with Crippen molar-refractivity contribution in [3.63, 3.8) is 0 Å². The van der Waals surface area contributed by atoms with Crippen LogP contribution < -0.4 is 4.74 Å². The van der Waals surface area contributed by atoms with Crippen LogP contribution in [0.1, 0.15) is 5.82 Å². The Balaban J connectivity index is 2.07.